The zero-order valence-corrected chi connectivity index (χ0v) is 13.7. The van der Waals surface area contributed by atoms with Crippen LogP contribution in [-0.2, 0) is 13.1 Å². The van der Waals surface area contributed by atoms with Gasteiger partial charge in [-0.2, -0.15) is 5.10 Å². The van der Waals surface area contributed by atoms with Gasteiger partial charge in [0.15, 0.2) is 5.96 Å². The van der Waals surface area contributed by atoms with Crippen molar-refractivity contribution < 1.29 is 0 Å². The maximum absolute atomic E-state index is 4.64. The molecular formula is C18H25N5. The van der Waals surface area contributed by atoms with Crippen LogP contribution in [0.2, 0.25) is 0 Å². The summed E-state index contributed by atoms with van der Waals surface area (Å²) in [6.07, 6.45) is 6.66. The van der Waals surface area contributed by atoms with Crippen molar-refractivity contribution in [3.8, 4) is 0 Å². The standard InChI is InChI=1S/C18H25N5/c1-2-19-18(20-10-15-8-9-15)21-11-17-12-22-23(14-17)13-16-6-4-3-5-7-16/h3-7,12,14-15H,2,8-11,13H2,1H3,(H2,19,20,21). The summed E-state index contributed by atoms with van der Waals surface area (Å²) in [4.78, 5) is 4.64. The number of hydrogen-bond donors (Lipinski definition) is 2. The highest BCUT2D eigenvalue weighted by atomic mass is 15.3. The molecule has 23 heavy (non-hydrogen) atoms. The molecule has 0 bridgehead atoms. The lowest BCUT2D eigenvalue weighted by Gasteiger charge is -2.10. The lowest BCUT2D eigenvalue weighted by atomic mass is 10.2. The molecule has 1 aromatic carbocycles. The Hall–Kier alpha value is -2.30. The summed E-state index contributed by atoms with van der Waals surface area (Å²) in [5.74, 6) is 1.74. The molecule has 0 radical (unpaired) electrons. The quantitative estimate of drug-likeness (QED) is 0.610. The van der Waals surface area contributed by atoms with Gasteiger partial charge in [0.2, 0.25) is 0 Å². The SMILES string of the molecule is CCNC(=NCc1cnn(Cc2ccccc2)c1)NCC1CC1. The Labute approximate surface area is 137 Å². The fourth-order valence-corrected chi connectivity index (χ4v) is 2.42. The summed E-state index contributed by atoms with van der Waals surface area (Å²) in [7, 11) is 0. The van der Waals surface area contributed by atoms with Crippen molar-refractivity contribution in [1.29, 1.82) is 0 Å². The van der Waals surface area contributed by atoms with Gasteiger partial charge >= 0.3 is 0 Å². The van der Waals surface area contributed by atoms with Crippen LogP contribution in [0.3, 0.4) is 0 Å². The normalized spacial score (nSPS) is 14.7. The summed E-state index contributed by atoms with van der Waals surface area (Å²) < 4.78 is 1.96. The lowest BCUT2D eigenvalue weighted by molar-refractivity contribution is 0.686. The third-order valence-corrected chi connectivity index (χ3v) is 3.89. The second kappa shape index (κ2) is 7.81. The molecule has 1 aliphatic carbocycles. The van der Waals surface area contributed by atoms with Crippen LogP contribution in [0.4, 0.5) is 0 Å². The van der Waals surface area contributed by atoms with Crippen LogP contribution in [0.25, 0.3) is 0 Å². The third kappa shape index (κ3) is 5.13. The van der Waals surface area contributed by atoms with E-state index in [4.69, 9.17) is 0 Å². The number of nitrogens with one attached hydrogen (secondary N) is 2. The maximum Gasteiger partial charge on any atom is 0.191 e. The van der Waals surface area contributed by atoms with Crippen molar-refractivity contribution in [3.05, 3.63) is 53.9 Å². The number of nitrogens with zero attached hydrogens (tertiary/aromatic N) is 3. The van der Waals surface area contributed by atoms with Gasteiger partial charge in [-0.3, -0.25) is 4.68 Å². The highest BCUT2D eigenvalue weighted by Crippen LogP contribution is 2.27. The van der Waals surface area contributed by atoms with E-state index in [1.807, 2.05) is 16.9 Å². The molecule has 0 saturated heterocycles. The minimum Gasteiger partial charge on any atom is -0.357 e. The minimum absolute atomic E-state index is 0.648. The summed E-state index contributed by atoms with van der Waals surface area (Å²) in [5.41, 5.74) is 2.38. The smallest absolute Gasteiger partial charge is 0.191 e. The molecule has 0 atom stereocenters. The lowest BCUT2D eigenvalue weighted by Crippen LogP contribution is -2.38. The molecule has 1 fully saturated rings. The molecule has 2 N–H and O–H groups in total. The van der Waals surface area contributed by atoms with Crippen molar-refractivity contribution in [2.45, 2.75) is 32.9 Å². The Morgan fingerprint density at radius 3 is 2.78 bits per heavy atom. The van der Waals surface area contributed by atoms with Crippen LogP contribution in [0.5, 0.6) is 0 Å². The van der Waals surface area contributed by atoms with Crippen LogP contribution in [0, 0.1) is 5.92 Å². The van der Waals surface area contributed by atoms with E-state index in [9.17, 15) is 0 Å². The molecule has 122 valence electrons. The molecule has 1 aliphatic rings. The molecule has 5 heteroatoms. The average molecular weight is 311 g/mol. The number of hydrogen-bond acceptors (Lipinski definition) is 2. The molecule has 0 spiro atoms. The van der Waals surface area contributed by atoms with Crippen LogP contribution in [-0.4, -0.2) is 28.8 Å². The first-order chi connectivity index (χ1) is 11.3. The Morgan fingerprint density at radius 1 is 1.22 bits per heavy atom. The van der Waals surface area contributed by atoms with E-state index in [-0.39, 0.29) is 0 Å². The first kappa shape index (κ1) is 15.6. The second-order valence-electron chi connectivity index (χ2n) is 6.05. The molecule has 1 aromatic heterocycles. The molecule has 0 unspecified atom stereocenters. The predicted octanol–water partition coefficient (Wildman–Crippen LogP) is 2.40. The van der Waals surface area contributed by atoms with Gasteiger partial charge in [0.25, 0.3) is 0 Å². The maximum atomic E-state index is 4.64. The minimum atomic E-state index is 0.648. The summed E-state index contributed by atoms with van der Waals surface area (Å²) >= 11 is 0. The zero-order valence-electron chi connectivity index (χ0n) is 13.7. The Bertz CT molecular complexity index is 628. The van der Waals surface area contributed by atoms with Gasteiger partial charge in [0.1, 0.15) is 0 Å². The molecule has 2 aromatic rings. The highest BCUT2D eigenvalue weighted by Gasteiger charge is 2.20. The van der Waals surface area contributed by atoms with Gasteiger partial charge in [-0.05, 0) is 31.2 Å². The number of rotatable bonds is 7. The Morgan fingerprint density at radius 2 is 2.04 bits per heavy atom. The number of benzene rings is 1. The highest BCUT2D eigenvalue weighted by molar-refractivity contribution is 5.79. The first-order valence-electron chi connectivity index (χ1n) is 8.41. The van der Waals surface area contributed by atoms with Crippen molar-refractivity contribution in [2.75, 3.05) is 13.1 Å². The molecule has 1 heterocycles. The van der Waals surface area contributed by atoms with Crippen LogP contribution in [0.1, 0.15) is 30.9 Å². The summed E-state index contributed by atoms with van der Waals surface area (Å²) in [6, 6.07) is 10.4. The molecule has 0 aliphatic heterocycles. The second-order valence-corrected chi connectivity index (χ2v) is 6.05. The monoisotopic (exact) mass is 311 g/mol. The van der Waals surface area contributed by atoms with Gasteiger partial charge in [-0.25, -0.2) is 4.99 Å². The van der Waals surface area contributed by atoms with Gasteiger partial charge in [-0.15, -0.1) is 0 Å². The predicted molar refractivity (Wildman–Crippen MR) is 93.3 cm³/mol. The fraction of sp³-hybridized carbons (Fsp3) is 0.444. The third-order valence-electron chi connectivity index (χ3n) is 3.89. The van der Waals surface area contributed by atoms with E-state index < -0.39 is 0 Å². The number of guanidine groups is 1. The van der Waals surface area contributed by atoms with Crippen molar-refractivity contribution in [1.82, 2.24) is 20.4 Å². The van der Waals surface area contributed by atoms with Crippen LogP contribution < -0.4 is 10.6 Å². The first-order valence-corrected chi connectivity index (χ1v) is 8.41. The van der Waals surface area contributed by atoms with E-state index in [0.717, 1.165) is 37.1 Å². The zero-order chi connectivity index (χ0) is 15.9. The molecular weight excluding hydrogens is 286 g/mol. The number of aromatic nitrogens is 2. The Balaban J connectivity index is 1.54. The van der Waals surface area contributed by atoms with Crippen molar-refractivity contribution >= 4 is 5.96 Å². The largest absolute Gasteiger partial charge is 0.357 e. The van der Waals surface area contributed by atoms with Crippen molar-refractivity contribution in [3.63, 3.8) is 0 Å². The van der Waals surface area contributed by atoms with Crippen LogP contribution in [0.15, 0.2) is 47.7 Å². The molecule has 0 amide bonds. The number of aliphatic imine (C=N–C) groups is 1. The van der Waals surface area contributed by atoms with Gasteiger partial charge in [0, 0.05) is 24.8 Å². The van der Waals surface area contributed by atoms with E-state index >= 15 is 0 Å². The van der Waals surface area contributed by atoms with E-state index in [1.165, 1.54) is 18.4 Å². The van der Waals surface area contributed by atoms with E-state index in [1.54, 1.807) is 0 Å². The van der Waals surface area contributed by atoms with Gasteiger partial charge < -0.3 is 10.6 Å². The van der Waals surface area contributed by atoms with Crippen molar-refractivity contribution in [2.24, 2.45) is 10.9 Å². The molecule has 1 saturated carbocycles. The van der Waals surface area contributed by atoms with Gasteiger partial charge in [-0.1, -0.05) is 30.3 Å². The average Bonchev–Trinajstić information content (AvgIpc) is 3.30. The summed E-state index contributed by atoms with van der Waals surface area (Å²) in [5, 5.41) is 11.1. The van der Waals surface area contributed by atoms with Crippen LogP contribution >= 0.6 is 0 Å². The van der Waals surface area contributed by atoms with Gasteiger partial charge in [0.05, 0.1) is 19.3 Å². The Kier molecular flexibility index (Phi) is 5.29. The van der Waals surface area contributed by atoms with E-state index in [2.05, 4.69) is 58.1 Å². The molecule has 3 rings (SSSR count). The summed E-state index contributed by atoms with van der Waals surface area (Å²) in [6.45, 7) is 5.44. The topological polar surface area (TPSA) is 54.2 Å². The molecule has 5 nitrogen and oxygen atoms in total. The fourth-order valence-electron chi connectivity index (χ4n) is 2.42. The van der Waals surface area contributed by atoms with E-state index in [0.29, 0.717) is 6.54 Å².